The second kappa shape index (κ2) is 6.05. The molecule has 0 aliphatic carbocycles. The van der Waals surface area contributed by atoms with E-state index in [1.807, 2.05) is 31.2 Å². The molecule has 1 nitrogen and oxygen atoms in total. The third-order valence-electron chi connectivity index (χ3n) is 2.83. The molecule has 2 aromatic rings. The van der Waals surface area contributed by atoms with Crippen LogP contribution in [0.25, 0.3) is 0 Å². The quantitative estimate of drug-likeness (QED) is 0.724. The van der Waals surface area contributed by atoms with Gasteiger partial charge in [0.2, 0.25) is 0 Å². The summed E-state index contributed by atoms with van der Waals surface area (Å²) in [6, 6.07) is 14.4. The maximum Gasteiger partial charge on any atom is 0.130 e. The fourth-order valence-corrected chi connectivity index (χ4v) is 2.34. The van der Waals surface area contributed by atoms with Gasteiger partial charge in [-0.15, -0.1) is 0 Å². The predicted molar refractivity (Wildman–Crippen MR) is 79.4 cm³/mol. The molecule has 0 amide bonds. The van der Waals surface area contributed by atoms with Crippen LogP contribution in [0, 0.1) is 6.92 Å². The zero-order valence-corrected chi connectivity index (χ0v) is 12.3. The van der Waals surface area contributed by atoms with Crippen LogP contribution in [0.3, 0.4) is 0 Å². The highest BCUT2D eigenvalue weighted by molar-refractivity contribution is 9.10. The van der Waals surface area contributed by atoms with Crippen molar-refractivity contribution >= 4 is 15.9 Å². The van der Waals surface area contributed by atoms with Crippen LogP contribution in [0.4, 0.5) is 0 Å². The lowest BCUT2D eigenvalue weighted by atomic mass is 10.1. The number of ether oxygens (including phenoxy) is 1. The van der Waals surface area contributed by atoms with E-state index in [0.717, 1.165) is 28.0 Å². The second-order valence-corrected chi connectivity index (χ2v) is 5.32. The molecule has 0 spiro atoms. The van der Waals surface area contributed by atoms with Gasteiger partial charge in [-0.25, -0.2) is 0 Å². The number of hydrogen-bond acceptors (Lipinski definition) is 1. The molecule has 0 radical (unpaired) electrons. The molecule has 0 aromatic heterocycles. The van der Waals surface area contributed by atoms with Crippen LogP contribution >= 0.6 is 15.9 Å². The molecule has 0 saturated carbocycles. The maximum absolute atomic E-state index is 5.88. The van der Waals surface area contributed by atoms with E-state index in [-0.39, 0.29) is 0 Å². The number of hydrogen-bond donors (Lipinski definition) is 0. The summed E-state index contributed by atoms with van der Waals surface area (Å²) in [5.74, 6) is 1.79. The molecule has 18 heavy (non-hydrogen) atoms. The molecule has 0 bridgehead atoms. The number of benzene rings is 2. The monoisotopic (exact) mass is 304 g/mol. The lowest BCUT2D eigenvalue weighted by Gasteiger charge is -2.09. The van der Waals surface area contributed by atoms with Crippen LogP contribution in [0.5, 0.6) is 11.5 Å². The first-order chi connectivity index (χ1) is 8.69. The van der Waals surface area contributed by atoms with E-state index >= 15 is 0 Å². The summed E-state index contributed by atoms with van der Waals surface area (Å²) in [5, 5.41) is 0. The summed E-state index contributed by atoms with van der Waals surface area (Å²) < 4.78 is 6.95. The minimum atomic E-state index is 0.889. The lowest BCUT2D eigenvalue weighted by Crippen LogP contribution is -1.88. The van der Waals surface area contributed by atoms with Crippen molar-refractivity contribution in [3.63, 3.8) is 0 Å². The van der Waals surface area contributed by atoms with E-state index in [0.29, 0.717) is 0 Å². The molecule has 2 rings (SSSR count). The van der Waals surface area contributed by atoms with E-state index < -0.39 is 0 Å². The van der Waals surface area contributed by atoms with E-state index in [9.17, 15) is 0 Å². The van der Waals surface area contributed by atoms with Gasteiger partial charge in [0.25, 0.3) is 0 Å². The summed E-state index contributed by atoms with van der Waals surface area (Å²) in [6.07, 6.45) is 2.30. The Morgan fingerprint density at radius 1 is 1.06 bits per heavy atom. The zero-order valence-electron chi connectivity index (χ0n) is 10.7. The zero-order chi connectivity index (χ0) is 13.0. The van der Waals surface area contributed by atoms with Gasteiger partial charge < -0.3 is 4.74 Å². The van der Waals surface area contributed by atoms with E-state index in [4.69, 9.17) is 4.74 Å². The molecule has 2 heteroatoms. The molecule has 0 unspecified atom stereocenters. The van der Waals surface area contributed by atoms with E-state index in [2.05, 4.69) is 41.1 Å². The molecule has 0 aliphatic heterocycles. The summed E-state index contributed by atoms with van der Waals surface area (Å²) in [7, 11) is 0. The molecule has 94 valence electrons. The maximum atomic E-state index is 5.88. The normalized spacial score (nSPS) is 10.4. The Morgan fingerprint density at radius 3 is 2.39 bits per heavy atom. The Bertz CT molecular complexity index is 517. The Balaban J connectivity index is 2.13. The Morgan fingerprint density at radius 2 is 1.78 bits per heavy atom. The molecule has 0 saturated heterocycles. The highest BCUT2D eigenvalue weighted by Gasteiger charge is 2.02. The summed E-state index contributed by atoms with van der Waals surface area (Å²) in [4.78, 5) is 0. The minimum Gasteiger partial charge on any atom is -0.457 e. The van der Waals surface area contributed by atoms with Crippen molar-refractivity contribution in [2.24, 2.45) is 0 Å². The van der Waals surface area contributed by atoms with Crippen LogP contribution in [0.1, 0.15) is 24.5 Å². The average Bonchev–Trinajstić information content (AvgIpc) is 2.35. The van der Waals surface area contributed by atoms with Crippen molar-refractivity contribution in [3.05, 3.63) is 58.1 Å². The van der Waals surface area contributed by atoms with Crippen molar-refractivity contribution in [2.75, 3.05) is 0 Å². The van der Waals surface area contributed by atoms with Gasteiger partial charge in [0.05, 0.1) is 0 Å². The topological polar surface area (TPSA) is 9.23 Å². The van der Waals surface area contributed by atoms with Crippen LogP contribution in [0.15, 0.2) is 46.9 Å². The largest absolute Gasteiger partial charge is 0.457 e. The van der Waals surface area contributed by atoms with Gasteiger partial charge in [-0.2, -0.15) is 0 Å². The second-order valence-electron chi connectivity index (χ2n) is 4.41. The van der Waals surface area contributed by atoms with Crippen molar-refractivity contribution in [2.45, 2.75) is 26.7 Å². The van der Waals surface area contributed by atoms with E-state index in [1.165, 1.54) is 12.0 Å². The van der Waals surface area contributed by atoms with E-state index in [1.54, 1.807) is 0 Å². The third-order valence-corrected chi connectivity index (χ3v) is 3.32. The number of rotatable bonds is 4. The van der Waals surface area contributed by atoms with Gasteiger partial charge in [0.15, 0.2) is 0 Å². The van der Waals surface area contributed by atoms with Crippen molar-refractivity contribution < 1.29 is 4.74 Å². The first-order valence-corrected chi connectivity index (χ1v) is 7.01. The van der Waals surface area contributed by atoms with Crippen molar-refractivity contribution in [1.82, 2.24) is 0 Å². The number of aryl methyl sites for hydroxylation is 2. The molecular weight excluding hydrogens is 288 g/mol. The van der Waals surface area contributed by atoms with Crippen molar-refractivity contribution in [3.8, 4) is 11.5 Å². The molecular formula is C16H17BrO. The molecule has 0 aliphatic rings. The smallest absolute Gasteiger partial charge is 0.130 e. The molecule has 0 atom stereocenters. The average molecular weight is 305 g/mol. The third kappa shape index (κ3) is 3.36. The fourth-order valence-electron chi connectivity index (χ4n) is 1.87. The van der Waals surface area contributed by atoms with Crippen LogP contribution in [-0.2, 0) is 6.42 Å². The summed E-state index contributed by atoms with van der Waals surface area (Å²) in [5.41, 5.74) is 2.49. The first kappa shape index (κ1) is 13.2. The SMILES string of the molecule is CCCc1ccc(Oc2ccc(Br)cc2C)cc1. The summed E-state index contributed by atoms with van der Waals surface area (Å²) in [6.45, 7) is 4.24. The standard InChI is InChI=1S/C16H17BrO/c1-3-4-13-5-8-15(9-6-13)18-16-10-7-14(17)11-12(16)2/h5-11H,3-4H2,1-2H3. The van der Waals surface area contributed by atoms with Gasteiger partial charge in [-0.05, 0) is 54.8 Å². The van der Waals surface area contributed by atoms with Crippen LogP contribution in [0.2, 0.25) is 0 Å². The Labute approximate surface area is 117 Å². The van der Waals surface area contributed by atoms with Gasteiger partial charge in [0.1, 0.15) is 11.5 Å². The molecule has 2 aromatic carbocycles. The molecule has 0 heterocycles. The predicted octanol–water partition coefficient (Wildman–Crippen LogP) is 5.50. The Hall–Kier alpha value is -1.28. The van der Waals surface area contributed by atoms with Gasteiger partial charge in [-0.1, -0.05) is 41.4 Å². The van der Waals surface area contributed by atoms with Gasteiger partial charge >= 0.3 is 0 Å². The first-order valence-electron chi connectivity index (χ1n) is 6.22. The number of halogens is 1. The van der Waals surface area contributed by atoms with Crippen LogP contribution < -0.4 is 4.74 Å². The molecule has 0 N–H and O–H groups in total. The Kier molecular flexibility index (Phi) is 4.43. The molecule has 0 fully saturated rings. The summed E-state index contributed by atoms with van der Waals surface area (Å²) >= 11 is 3.45. The highest BCUT2D eigenvalue weighted by atomic mass is 79.9. The van der Waals surface area contributed by atoms with Crippen molar-refractivity contribution in [1.29, 1.82) is 0 Å². The van der Waals surface area contributed by atoms with Crippen LogP contribution in [-0.4, -0.2) is 0 Å². The highest BCUT2D eigenvalue weighted by Crippen LogP contribution is 2.27. The van der Waals surface area contributed by atoms with Gasteiger partial charge in [0, 0.05) is 4.47 Å². The van der Waals surface area contributed by atoms with Gasteiger partial charge in [-0.3, -0.25) is 0 Å². The fraction of sp³-hybridized carbons (Fsp3) is 0.250. The minimum absolute atomic E-state index is 0.889. The lowest BCUT2D eigenvalue weighted by molar-refractivity contribution is 0.478.